The summed E-state index contributed by atoms with van der Waals surface area (Å²) in [5.74, 6) is 0. The van der Waals surface area contributed by atoms with Gasteiger partial charge in [0.1, 0.15) is 0 Å². The predicted molar refractivity (Wildman–Crippen MR) is 79.1 cm³/mol. The predicted octanol–water partition coefficient (Wildman–Crippen LogP) is 2.41. The second-order valence-corrected chi connectivity index (χ2v) is 6.13. The van der Waals surface area contributed by atoms with Crippen molar-refractivity contribution in [3.05, 3.63) is 60.2 Å². The Morgan fingerprint density at radius 3 is 2.45 bits per heavy atom. The first-order valence-electron chi connectivity index (χ1n) is 6.39. The van der Waals surface area contributed by atoms with Crippen LogP contribution in [0.5, 0.6) is 0 Å². The maximum Gasteiger partial charge on any atom is 0.261 e. The van der Waals surface area contributed by atoms with Gasteiger partial charge in [-0.1, -0.05) is 30.3 Å². The molecular formula is C15H17NO3S. The Morgan fingerprint density at radius 2 is 1.75 bits per heavy atom. The van der Waals surface area contributed by atoms with Gasteiger partial charge in [-0.05, 0) is 42.7 Å². The number of aryl methyl sites for hydroxylation is 1. The fraction of sp³-hybridized carbons (Fsp3) is 0.200. The van der Waals surface area contributed by atoms with Crippen LogP contribution in [-0.4, -0.2) is 20.1 Å². The highest BCUT2D eigenvalue weighted by atomic mass is 32.2. The van der Waals surface area contributed by atoms with Crippen molar-refractivity contribution < 1.29 is 13.5 Å². The molecular weight excluding hydrogens is 274 g/mol. The van der Waals surface area contributed by atoms with Gasteiger partial charge in [0, 0.05) is 12.3 Å². The van der Waals surface area contributed by atoms with Crippen molar-refractivity contribution in [2.24, 2.45) is 0 Å². The normalized spacial score (nSPS) is 11.2. The molecule has 0 fully saturated rings. The van der Waals surface area contributed by atoms with Crippen LogP contribution in [0.1, 0.15) is 12.0 Å². The molecule has 5 heteroatoms. The van der Waals surface area contributed by atoms with E-state index >= 15 is 0 Å². The molecule has 0 aliphatic carbocycles. The van der Waals surface area contributed by atoms with E-state index in [0.717, 1.165) is 12.0 Å². The van der Waals surface area contributed by atoms with Gasteiger partial charge in [0.2, 0.25) is 0 Å². The van der Waals surface area contributed by atoms with E-state index in [9.17, 15) is 8.42 Å². The molecule has 0 aliphatic rings. The van der Waals surface area contributed by atoms with Crippen LogP contribution in [-0.2, 0) is 16.4 Å². The van der Waals surface area contributed by atoms with Crippen LogP contribution in [0.15, 0.2) is 59.5 Å². The molecule has 0 bridgehead atoms. The average Bonchev–Trinajstić information content (AvgIpc) is 2.46. The van der Waals surface area contributed by atoms with Crippen molar-refractivity contribution in [2.45, 2.75) is 17.7 Å². The van der Waals surface area contributed by atoms with Gasteiger partial charge in [-0.3, -0.25) is 4.72 Å². The summed E-state index contributed by atoms with van der Waals surface area (Å²) in [4.78, 5) is 0.237. The Morgan fingerprint density at radius 1 is 1.00 bits per heavy atom. The maximum atomic E-state index is 12.2. The molecule has 2 aromatic rings. The summed E-state index contributed by atoms with van der Waals surface area (Å²) in [6.45, 7) is 0.125. The molecule has 0 amide bonds. The number of benzene rings is 2. The molecule has 0 radical (unpaired) electrons. The van der Waals surface area contributed by atoms with Crippen LogP contribution < -0.4 is 4.72 Å². The van der Waals surface area contributed by atoms with Crippen LogP contribution in [0.3, 0.4) is 0 Å². The third kappa shape index (κ3) is 3.82. The Labute approximate surface area is 119 Å². The maximum absolute atomic E-state index is 12.2. The monoisotopic (exact) mass is 291 g/mol. The minimum Gasteiger partial charge on any atom is -0.396 e. The molecule has 106 valence electrons. The Kier molecular flexibility index (Phi) is 4.76. The van der Waals surface area contributed by atoms with E-state index in [4.69, 9.17) is 5.11 Å². The van der Waals surface area contributed by atoms with Gasteiger partial charge >= 0.3 is 0 Å². The topological polar surface area (TPSA) is 66.4 Å². The summed E-state index contributed by atoms with van der Waals surface area (Å²) < 4.78 is 26.9. The summed E-state index contributed by atoms with van der Waals surface area (Å²) >= 11 is 0. The van der Waals surface area contributed by atoms with Gasteiger partial charge in [-0.2, -0.15) is 0 Å². The molecule has 2 rings (SSSR count). The fourth-order valence-corrected chi connectivity index (χ4v) is 2.96. The van der Waals surface area contributed by atoms with Crippen molar-refractivity contribution >= 4 is 15.7 Å². The summed E-state index contributed by atoms with van der Waals surface area (Å²) in [6.07, 6.45) is 1.38. The van der Waals surface area contributed by atoms with Crippen LogP contribution in [0.25, 0.3) is 0 Å². The van der Waals surface area contributed by atoms with Gasteiger partial charge in [0.25, 0.3) is 10.0 Å². The molecule has 2 N–H and O–H groups in total. The molecule has 20 heavy (non-hydrogen) atoms. The van der Waals surface area contributed by atoms with Crippen molar-refractivity contribution in [3.8, 4) is 0 Å². The van der Waals surface area contributed by atoms with Gasteiger partial charge in [0.15, 0.2) is 0 Å². The molecule has 0 atom stereocenters. The summed E-state index contributed by atoms with van der Waals surface area (Å²) in [6, 6.07) is 15.5. The number of hydrogen-bond acceptors (Lipinski definition) is 3. The third-order valence-corrected chi connectivity index (χ3v) is 4.25. The van der Waals surface area contributed by atoms with Gasteiger partial charge in [-0.25, -0.2) is 8.42 Å². The minimum atomic E-state index is -3.55. The smallest absolute Gasteiger partial charge is 0.261 e. The minimum absolute atomic E-state index is 0.125. The number of rotatable bonds is 6. The summed E-state index contributed by atoms with van der Waals surface area (Å²) in [5, 5.41) is 8.82. The number of anilines is 1. The van der Waals surface area contributed by atoms with E-state index < -0.39 is 10.0 Å². The number of aliphatic hydroxyl groups is 1. The Hall–Kier alpha value is -1.85. The van der Waals surface area contributed by atoms with Crippen molar-refractivity contribution in [2.75, 3.05) is 11.3 Å². The molecule has 0 saturated heterocycles. The molecule has 4 nitrogen and oxygen atoms in total. The zero-order valence-corrected chi connectivity index (χ0v) is 11.8. The number of nitrogens with one attached hydrogen (secondary N) is 1. The number of hydrogen-bond donors (Lipinski definition) is 2. The summed E-state index contributed by atoms with van der Waals surface area (Å²) in [7, 11) is -3.55. The van der Waals surface area contributed by atoms with Crippen LogP contribution in [0.4, 0.5) is 5.69 Å². The lowest BCUT2D eigenvalue weighted by Crippen LogP contribution is -2.12. The Bertz CT molecular complexity index is 654. The number of aliphatic hydroxyl groups excluding tert-OH is 1. The lowest BCUT2D eigenvalue weighted by atomic mass is 10.1. The second-order valence-electron chi connectivity index (χ2n) is 4.45. The van der Waals surface area contributed by atoms with E-state index in [-0.39, 0.29) is 11.5 Å². The molecule has 0 aromatic heterocycles. The van der Waals surface area contributed by atoms with Crippen LogP contribution in [0.2, 0.25) is 0 Å². The van der Waals surface area contributed by atoms with Crippen LogP contribution in [0, 0.1) is 0 Å². The van der Waals surface area contributed by atoms with Crippen molar-refractivity contribution in [1.82, 2.24) is 0 Å². The molecule has 0 unspecified atom stereocenters. The molecule has 2 aromatic carbocycles. The molecule has 0 heterocycles. The first-order chi connectivity index (χ1) is 9.62. The lowest BCUT2D eigenvalue weighted by Gasteiger charge is -2.09. The average molecular weight is 291 g/mol. The van der Waals surface area contributed by atoms with Gasteiger partial charge < -0.3 is 5.11 Å². The Balaban J connectivity index is 2.17. The first kappa shape index (κ1) is 14.6. The highest BCUT2D eigenvalue weighted by Gasteiger charge is 2.13. The van der Waals surface area contributed by atoms with Crippen molar-refractivity contribution in [1.29, 1.82) is 0 Å². The zero-order chi connectivity index (χ0) is 14.4. The zero-order valence-electron chi connectivity index (χ0n) is 11.0. The third-order valence-electron chi connectivity index (χ3n) is 2.86. The van der Waals surface area contributed by atoms with E-state index in [1.165, 1.54) is 0 Å². The van der Waals surface area contributed by atoms with E-state index in [2.05, 4.69) is 4.72 Å². The van der Waals surface area contributed by atoms with Crippen molar-refractivity contribution in [3.63, 3.8) is 0 Å². The standard InChI is InChI=1S/C15H17NO3S/c17-11-5-7-13-6-4-8-14(12-13)16-20(18,19)15-9-2-1-3-10-15/h1-4,6,8-10,12,16-17H,5,7,11H2. The highest BCUT2D eigenvalue weighted by Crippen LogP contribution is 2.17. The lowest BCUT2D eigenvalue weighted by molar-refractivity contribution is 0.288. The number of sulfonamides is 1. The van der Waals surface area contributed by atoms with Gasteiger partial charge in [0.05, 0.1) is 4.90 Å². The van der Waals surface area contributed by atoms with Gasteiger partial charge in [-0.15, -0.1) is 0 Å². The fourth-order valence-electron chi connectivity index (χ4n) is 1.89. The molecule has 0 saturated carbocycles. The molecule has 0 spiro atoms. The van der Waals surface area contributed by atoms with E-state index in [0.29, 0.717) is 12.1 Å². The van der Waals surface area contributed by atoms with E-state index in [1.54, 1.807) is 48.5 Å². The molecule has 0 aliphatic heterocycles. The summed E-state index contributed by atoms with van der Waals surface area (Å²) in [5.41, 5.74) is 1.52. The van der Waals surface area contributed by atoms with E-state index in [1.807, 2.05) is 6.07 Å². The highest BCUT2D eigenvalue weighted by molar-refractivity contribution is 7.92. The quantitative estimate of drug-likeness (QED) is 0.859. The largest absolute Gasteiger partial charge is 0.396 e. The van der Waals surface area contributed by atoms with Crippen LogP contribution >= 0.6 is 0 Å². The first-order valence-corrected chi connectivity index (χ1v) is 7.88. The SMILES string of the molecule is O=S(=O)(Nc1cccc(CCCO)c1)c1ccccc1. The second kappa shape index (κ2) is 6.54.